The number of esters is 1. The molecule has 0 aliphatic carbocycles. The number of hydrogen-bond acceptors (Lipinski definition) is 3. The van der Waals surface area contributed by atoms with Crippen LogP contribution in [0.4, 0.5) is 0 Å². The zero-order valence-electron chi connectivity index (χ0n) is 11.1. The van der Waals surface area contributed by atoms with Crippen LogP contribution in [0, 0.1) is 0 Å². The standard InChI is InChI=1S/C12H22NO3S/c1-5-16-11(15)12(3,4)17-8-6-13(7-9-17)10(2)14/h5-9H2,1-4H3/q+1. The summed E-state index contributed by atoms with van der Waals surface area (Å²) in [4.78, 5) is 25.0. The zero-order valence-corrected chi connectivity index (χ0v) is 11.9. The largest absolute Gasteiger partial charge is 0.462 e. The van der Waals surface area contributed by atoms with Crippen LogP contribution in [0.1, 0.15) is 27.7 Å². The van der Waals surface area contributed by atoms with Crippen LogP contribution in [-0.4, -0.2) is 52.7 Å². The second-order valence-corrected chi connectivity index (χ2v) is 7.46. The SMILES string of the molecule is CCOC(=O)C(C)(C)[S+]1CCN(C(C)=O)CC1. The summed E-state index contributed by atoms with van der Waals surface area (Å²) in [5.74, 6) is 1.83. The highest BCUT2D eigenvalue weighted by Crippen LogP contribution is 2.24. The molecule has 1 aliphatic rings. The Balaban J connectivity index is 2.58. The van der Waals surface area contributed by atoms with Gasteiger partial charge in [-0.1, -0.05) is 0 Å². The van der Waals surface area contributed by atoms with Crippen LogP contribution in [0.3, 0.4) is 0 Å². The lowest BCUT2D eigenvalue weighted by Gasteiger charge is -2.31. The molecule has 1 fully saturated rings. The molecule has 4 nitrogen and oxygen atoms in total. The maximum absolute atomic E-state index is 11.9. The summed E-state index contributed by atoms with van der Waals surface area (Å²) in [7, 11) is 0.00776. The van der Waals surface area contributed by atoms with E-state index in [0.29, 0.717) is 6.61 Å². The van der Waals surface area contributed by atoms with Crippen LogP contribution in [0.25, 0.3) is 0 Å². The Labute approximate surface area is 106 Å². The minimum absolute atomic E-state index is 0.00776. The van der Waals surface area contributed by atoms with Gasteiger partial charge in [0.25, 0.3) is 0 Å². The van der Waals surface area contributed by atoms with E-state index in [0.717, 1.165) is 24.6 Å². The molecule has 1 amide bonds. The summed E-state index contributed by atoms with van der Waals surface area (Å²) in [6, 6.07) is 0. The molecule has 5 heteroatoms. The van der Waals surface area contributed by atoms with Crippen molar-refractivity contribution in [2.45, 2.75) is 32.4 Å². The van der Waals surface area contributed by atoms with Crippen molar-refractivity contribution in [3.8, 4) is 0 Å². The molecule has 1 aliphatic heterocycles. The predicted octanol–water partition coefficient (Wildman–Crippen LogP) is 0.808. The number of carbonyl (C=O) groups excluding carboxylic acids is 2. The van der Waals surface area contributed by atoms with Crippen molar-refractivity contribution in [3.63, 3.8) is 0 Å². The lowest BCUT2D eigenvalue weighted by Crippen LogP contribution is -2.53. The summed E-state index contributed by atoms with van der Waals surface area (Å²) < 4.78 is 4.70. The number of hydrogen-bond donors (Lipinski definition) is 0. The Morgan fingerprint density at radius 2 is 1.82 bits per heavy atom. The molecule has 1 saturated heterocycles. The fourth-order valence-electron chi connectivity index (χ4n) is 1.90. The minimum Gasteiger partial charge on any atom is -0.462 e. The van der Waals surface area contributed by atoms with E-state index in [9.17, 15) is 9.59 Å². The predicted molar refractivity (Wildman–Crippen MR) is 70.1 cm³/mol. The summed E-state index contributed by atoms with van der Waals surface area (Å²) in [6.07, 6.45) is 0. The molecular weight excluding hydrogens is 238 g/mol. The second kappa shape index (κ2) is 5.76. The van der Waals surface area contributed by atoms with Crippen molar-refractivity contribution < 1.29 is 14.3 Å². The fourth-order valence-corrected chi connectivity index (χ4v) is 4.30. The highest BCUT2D eigenvalue weighted by atomic mass is 32.2. The molecule has 0 N–H and O–H groups in total. The first-order chi connectivity index (χ1) is 7.89. The van der Waals surface area contributed by atoms with Crippen LogP contribution >= 0.6 is 0 Å². The normalized spacial score (nSPS) is 18.0. The quantitative estimate of drug-likeness (QED) is 0.557. The van der Waals surface area contributed by atoms with Gasteiger partial charge < -0.3 is 9.64 Å². The Morgan fingerprint density at radius 3 is 2.24 bits per heavy atom. The number of nitrogens with zero attached hydrogens (tertiary/aromatic N) is 1. The van der Waals surface area contributed by atoms with E-state index in [1.165, 1.54) is 0 Å². The molecular formula is C12H22NO3S+. The lowest BCUT2D eigenvalue weighted by molar-refractivity contribution is -0.145. The number of ether oxygens (including phenoxy) is 1. The third-order valence-corrected chi connectivity index (χ3v) is 6.11. The average Bonchev–Trinajstić information content (AvgIpc) is 2.29. The molecule has 0 aromatic heterocycles. The first kappa shape index (κ1) is 14.4. The van der Waals surface area contributed by atoms with E-state index in [2.05, 4.69) is 0 Å². The number of carbonyl (C=O) groups is 2. The van der Waals surface area contributed by atoms with Gasteiger partial charge in [0.05, 0.1) is 19.7 Å². The van der Waals surface area contributed by atoms with Crippen LogP contribution in [-0.2, 0) is 25.2 Å². The maximum Gasteiger partial charge on any atom is 0.361 e. The van der Waals surface area contributed by atoms with Crippen molar-refractivity contribution in [3.05, 3.63) is 0 Å². The molecule has 0 aromatic carbocycles. The summed E-state index contributed by atoms with van der Waals surface area (Å²) in [5, 5.41) is 0. The topological polar surface area (TPSA) is 46.6 Å². The van der Waals surface area contributed by atoms with Gasteiger partial charge in [0.15, 0.2) is 0 Å². The van der Waals surface area contributed by atoms with Crippen molar-refractivity contribution in [2.24, 2.45) is 0 Å². The Kier molecular flexibility index (Phi) is 4.86. The van der Waals surface area contributed by atoms with Gasteiger partial charge in [-0.25, -0.2) is 4.79 Å². The zero-order chi connectivity index (χ0) is 13.1. The summed E-state index contributed by atoms with van der Waals surface area (Å²) in [5.41, 5.74) is 0. The average molecular weight is 260 g/mol. The van der Waals surface area contributed by atoms with Crippen molar-refractivity contribution >= 4 is 22.8 Å². The highest BCUT2D eigenvalue weighted by Gasteiger charge is 2.48. The highest BCUT2D eigenvalue weighted by molar-refractivity contribution is 7.98. The van der Waals surface area contributed by atoms with E-state index >= 15 is 0 Å². The lowest BCUT2D eigenvalue weighted by atomic mass is 10.2. The van der Waals surface area contributed by atoms with E-state index in [1.54, 1.807) is 6.92 Å². The molecule has 0 saturated carbocycles. The van der Waals surface area contributed by atoms with Crippen LogP contribution in [0.5, 0.6) is 0 Å². The van der Waals surface area contributed by atoms with Gasteiger partial charge in [0, 0.05) is 17.8 Å². The van der Waals surface area contributed by atoms with Crippen LogP contribution in [0.2, 0.25) is 0 Å². The molecule has 0 bridgehead atoms. The van der Waals surface area contributed by atoms with Gasteiger partial charge in [0.1, 0.15) is 11.5 Å². The first-order valence-corrected chi connectivity index (χ1v) is 7.56. The van der Waals surface area contributed by atoms with E-state index in [1.807, 2.05) is 25.7 Å². The van der Waals surface area contributed by atoms with E-state index < -0.39 is 4.75 Å². The monoisotopic (exact) mass is 260 g/mol. The van der Waals surface area contributed by atoms with Gasteiger partial charge in [-0.2, -0.15) is 0 Å². The smallest absolute Gasteiger partial charge is 0.361 e. The number of amides is 1. The molecule has 0 spiro atoms. The molecule has 0 aromatic rings. The molecule has 0 radical (unpaired) electrons. The minimum atomic E-state index is -0.418. The van der Waals surface area contributed by atoms with Crippen LogP contribution < -0.4 is 0 Å². The molecule has 0 unspecified atom stereocenters. The molecule has 1 rings (SSSR count). The second-order valence-electron chi connectivity index (χ2n) is 4.64. The van der Waals surface area contributed by atoms with Gasteiger partial charge in [-0.3, -0.25) is 4.79 Å². The van der Waals surface area contributed by atoms with E-state index in [4.69, 9.17) is 4.74 Å². The Morgan fingerprint density at radius 1 is 1.29 bits per heavy atom. The van der Waals surface area contributed by atoms with E-state index in [-0.39, 0.29) is 22.8 Å². The third kappa shape index (κ3) is 3.37. The molecule has 0 atom stereocenters. The van der Waals surface area contributed by atoms with Gasteiger partial charge in [-0.15, -0.1) is 0 Å². The molecule has 98 valence electrons. The Bertz CT molecular complexity index is 296. The third-order valence-electron chi connectivity index (χ3n) is 3.15. The first-order valence-electron chi connectivity index (χ1n) is 6.00. The molecule has 17 heavy (non-hydrogen) atoms. The van der Waals surface area contributed by atoms with Crippen molar-refractivity contribution in [1.82, 2.24) is 4.90 Å². The van der Waals surface area contributed by atoms with Crippen molar-refractivity contribution in [2.75, 3.05) is 31.2 Å². The fraction of sp³-hybridized carbons (Fsp3) is 0.833. The van der Waals surface area contributed by atoms with Crippen LogP contribution in [0.15, 0.2) is 0 Å². The summed E-state index contributed by atoms with van der Waals surface area (Å²) in [6.45, 7) is 9.30. The van der Waals surface area contributed by atoms with Gasteiger partial charge in [-0.05, 0) is 20.8 Å². The van der Waals surface area contributed by atoms with Gasteiger partial charge in [0.2, 0.25) is 10.7 Å². The molecule has 1 heterocycles. The number of rotatable bonds is 3. The van der Waals surface area contributed by atoms with Crippen molar-refractivity contribution in [1.29, 1.82) is 0 Å². The summed E-state index contributed by atoms with van der Waals surface area (Å²) >= 11 is 0. The Hall–Kier alpha value is -0.710. The van der Waals surface area contributed by atoms with Gasteiger partial charge >= 0.3 is 5.97 Å². The maximum atomic E-state index is 11.9.